The van der Waals surface area contributed by atoms with Gasteiger partial charge >= 0.3 is 25.5 Å². The minimum Gasteiger partial charge on any atom is -0.428 e. The van der Waals surface area contributed by atoms with Crippen molar-refractivity contribution in [2.75, 3.05) is 38.1 Å². The maximum absolute atomic E-state index is 12.3. The zero-order valence-electron chi connectivity index (χ0n) is 18.8. The lowest BCUT2D eigenvalue weighted by atomic mass is 10.3. The van der Waals surface area contributed by atoms with Gasteiger partial charge in [-0.1, -0.05) is 0 Å². The molecule has 1 aromatic heterocycles. The standard InChI is InChI=1S/C18H27N4O11PS/c1-19-7-2-3-15(24)30-11-31-16(25)5-4-13(23)20-12-6-8-22(18(26)21-12)14-10-35-17(33-14)9-32-34(27,28)29/h6,8,14,17,19H,2-5,7,9-11H2,1H3,(H2,27,28,29)(H,20,21,23,26)/t14-,17+/m0/s1. The van der Waals surface area contributed by atoms with Crippen LogP contribution in [0.15, 0.2) is 17.1 Å². The Hall–Kier alpha value is -2.33. The highest BCUT2D eigenvalue weighted by atomic mass is 32.2. The number of nitrogens with one attached hydrogen (secondary N) is 2. The van der Waals surface area contributed by atoms with Crippen LogP contribution in [0.5, 0.6) is 0 Å². The molecule has 0 aromatic carbocycles. The van der Waals surface area contributed by atoms with Crippen molar-refractivity contribution in [3.8, 4) is 0 Å². The number of phosphoric acid groups is 1. The maximum Gasteiger partial charge on any atom is 0.469 e. The summed E-state index contributed by atoms with van der Waals surface area (Å²) >= 11 is 1.21. The largest absolute Gasteiger partial charge is 0.469 e. The number of anilines is 1. The van der Waals surface area contributed by atoms with Crippen molar-refractivity contribution in [3.63, 3.8) is 0 Å². The highest BCUT2D eigenvalue weighted by Gasteiger charge is 2.30. The molecule has 2 heterocycles. The second-order valence-corrected chi connectivity index (χ2v) is 9.48. The van der Waals surface area contributed by atoms with Crippen molar-refractivity contribution < 1.29 is 47.5 Å². The molecule has 1 aliphatic rings. The fraction of sp³-hybridized carbons (Fsp3) is 0.611. The van der Waals surface area contributed by atoms with E-state index in [0.717, 1.165) is 4.57 Å². The normalized spacial score (nSPS) is 17.7. The molecular formula is C18H27N4O11PS. The zero-order chi connectivity index (χ0) is 25.8. The number of amides is 1. The van der Waals surface area contributed by atoms with E-state index in [1.807, 2.05) is 0 Å². The molecule has 4 N–H and O–H groups in total. The third-order valence-corrected chi connectivity index (χ3v) is 5.91. The first-order valence-electron chi connectivity index (χ1n) is 10.4. The summed E-state index contributed by atoms with van der Waals surface area (Å²) in [7, 11) is -2.88. The minimum atomic E-state index is -4.63. The molecule has 35 heavy (non-hydrogen) atoms. The van der Waals surface area contributed by atoms with E-state index in [9.17, 15) is 23.7 Å². The molecule has 1 aromatic rings. The third kappa shape index (κ3) is 11.3. The van der Waals surface area contributed by atoms with Gasteiger partial charge in [0.2, 0.25) is 12.7 Å². The number of esters is 2. The molecule has 1 aliphatic heterocycles. The smallest absolute Gasteiger partial charge is 0.428 e. The lowest BCUT2D eigenvalue weighted by Crippen LogP contribution is -2.29. The second kappa shape index (κ2) is 14.3. The van der Waals surface area contributed by atoms with Gasteiger partial charge in [-0.25, -0.2) is 9.36 Å². The first kappa shape index (κ1) is 28.9. The van der Waals surface area contributed by atoms with Gasteiger partial charge in [0.15, 0.2) is 0 Å². The molecular weight excluding hydrogens is 511 g/mol. The summed E-state index contributed by atoms with van der Waals surface area (Å²) in [6.45, 7) is -0.241. The summed E-state index contributed by atoms with van der Waals surface area (Å²) in [5.74, 6) is -1.54. The van der Waals surface area contributed by atoms with Gasteiger partial charge in [-0.2, -0.15) is 4.98 Å². The lowest BCUT2D eigenvalue weighted by molar-refractivity contribution is -0.167. The van der Waals surface area contributed by atoms with E-state index in [1.165, 1.54) is 24.0 Å². The topological polar surface area (TPSA) is 205 Å². The number of aromatic nitrogens is 2. The third-order valence-electron chi connectivity index (χ3n) is 4.32. The van der Waals surface area contributed by atoms with Crippen molar-refractivity contribution in [3.05, 3.63) is 22.7 Å². The molecule has 0 spiro atoms. The van der Waals surface area contributed by atoms with Crippen LogP contribution in [0.2, 0.25) is 0 Å². The van der Waals surface area contributed by atoms with Crippen LogP contribution in [0, 0.1) is 0 Å². The number of nitrogens with zero attached hydrogens (tertiary/aromatic N) is 2. The molecule has 0 bridgehead atoms. The van der Waals surface area contributed by atoms with Crippen LogP contribution in [0.1, 0.15) is 31.9 Å². The number of hydrogen-bond donors (Lipinski definition) is 4. The molecule has 15 nitrogen and oxygen atoms in total. The van der Waals surface area contributed by atoms with Gasteiger partial charge in [0, 0.05) is 24.8 Å². The Labute approximate surface area is 204 Å². The van der Waals surface area contributed by atoms with E-state index in [4.69, 9.17) is 24.0 Å². The number of ether oxygens (including phenoxy) is 3. The number of carbonyl (C=O) groups excluding carboxylic acids is 3. The van der Waals surface area contributed by atoms with E-state index in [0.29, 0.717) is 18.7 Å². The van der Waals surface area contributed by atoms with E-state index in [1.54, 1.807) is 7.05 Å². The molecule has 2 atom stereocenters. The Morgan fingerprint density at radius 2 is 1.97 bits per heavy atom. The molecule has 0 unspecified atom stereocenters. The molecule has 0 radical (unpaired) electrons. The van der Waals surface area contributed by atoms with Crippen LogP contribution in [-0.2, 0) is 37.7 Å². The maximum atomic E-state index is 12.3. The van der Waals surface area contributed by atoms with Crippen LogP contribution >= 0.6 is 19.6 Å². The molecule has 1 fully saturated rings. The predicted octanol–water partition coefficient (Wildman–Crippen LogP) is -0.297. The van der Waals surface area contributed by atoms with E-state index in [2.05, 4.69) is 20.1 Å². The van der Waals surface area contributed by atoms with Crippen LogP contribution in [0.3, 0.4) is 0 Å². The summed E-state index contributed by atoms with van der Waals surface area (Å²) in [6, 6.07) is 1.36. The summed E-state index contributed by atoms with van der Waals surface area (Å²) in [5, 5.41) is 5.27. The molecule has 0 aliphatic carbocycles. The minimum absolute atomic E-state index is 0.0350. The Kier molecular flexibility index (Phi) is 11.8. The van der Waals surface area contributed by atoms with Crippen molar-refractivity contribution in [2.24, 2.45) is 0 Å². The number of carbonyl (C=O) groups is 3. The second-order valence-electron chi connectivity index (χ2n) is 7.05. The average molecular weight is 538 g/mol. The monoisotopic (exact) mass is 538 g/mol. The van der Waals surface area contributed by atoms with Crippen molar-refractivity contribution in [2.45, 2.75) is 37.3 Å². The molecule has 1 saturated heterocycles. The highest BCUT2D eigenvalue weighted by molar-refractivity contribution is 8.00. The van der Waals surface area contributed by atoms with Gasteiger partial charge in [-0.15, -0.1) is 11.8 Å². The first-order chi connectivity index (χ1) is 16.6. The average Bonchev–Trinajstić information content (AvgIpc) is 3.25. The SMILES string of the molecule is CNCCCC(=O)OCOC(=O)CCC(=O)Nc1ccn([C@@H]2CS[C@H](COP(=O)(O)O)O2)c(=O)n1. The van der Waals surface area contributed by atoms with Gasteiger partial charge in [-0.05, 0) is 26.1 Å². The summed E-state index contributed by atoms with van der Waals surface area (Å²) in [4.78, 5) is 68.6. The highest BCUT2D eigenvalue weighted by Crippen LogP contribution is 2.39. The number of thioether (sulfide) groups is 1. The Morgan fingerprint density at radius 1 is 1.26 bits per heavy atom. The van der Waals surface area contributed by atoms with Crippen LogP contribution in [0.25, 0.3) is 0 Å². The molecule has 196 valence electrons. The van der Waals surface area contributed by atoms with E-state index < -0.39 is 49.8 Å². The number of rotatable bonds is 14. The number of hydrogen-bond acceptors (Lipinski definition) is 12. The summed E-state index contributed by atoms with van der Waals surface area (Å²) in [5.41, 5.74) is -1.40. The number of phosphoric ester groups is 1. The quantitative estimate of drug-likeness (QED) is 0.104. The van der Waals surface area contributed by atoms with Gasteiger partial charge in [0.05, 0.1) is 13.0 Å². The Morgan fingerprint density at radius 3 is 2.63 bits per heavy atom. The van der Waals surface area contributed by atoms with E-state index in [-0.39, 0.29) is 31.7 Å². The van der Waals surface area contributed by atoms with Crippen LogP contribution in [0.4, 0.5) is 5.82 Å². The van der Waals surface area contributed by atoms with Gasteiger partial charge in [0.1, 0.15) is 17.5 Å². The molecule has 0 saturated carbocycles. The van der Waals surface area contributed by atoms with Crippen LogP contribution in [-0.4, -0.2) is 75.4 Å². The van der Waals surface area contributed by atoms with Crippen LogP contribution < -0.4 is 16.3 Å². The summed E-state index contributed by atoms with van der Waals surface area (Å²) in [6.07, 6.45) is 0.867. The molecule has 17 heteroatoms. The van der Waals surface area contributed by atoms with Gasteiger partial charge in [-0.3, -0.25) is 23.5 Å². The Bertz CT molecular complexity index is 985. The predicted molar refractivity (Wildman–Crippen MR) is 121 cm³/mol. The molecule has 1 amide bonds. The Balaban J connectivity index is 1.71. The van der Waals surface area contributed by atoms with Crippen molar-refractivity contribution in [1.82, 2.24) is 14.9 Å². The fourth-order valence-corrected chi connectivity index (χ4v) is 4.09. The van der Waals surface area contributed by atoms with E-state index >= 15 is 0 Å². The van der Waals surface area contributed by atoms with Gasteiger partial charge in [0.25, 0.3) is 0 Å². The molecule has 2 rings (SSSR count). The fourth-order valence-electron chi connectivity index (χ4n) is 2.67. The zero-order valence-corrected chi connectivity index (χ0v) is 20.5. The van der Waals surface area contributed by atoms with Crippen molar-refractivity contribution >= 4 is 43.2 Å². The summed E-state index contributed by atoms with van der Waals surface area (Å²) < 4.78 is 31.4. The first-order valence-corrected chi connectivity index (χ1v) is 13.0. The lowest BCUT2D eigenvalue weighted by Gasteiger charge is -2.15. The van der Waals surface area contributed by atoms with Gasteiger partial charge < -0.3 is 34.6 Å². The van der Waals surface area contributed by atoms with Crippen molar-refractivity contribution in [1.29, 1.82) is 0 Å².